The van der Waals surface area contributed by atoms with E-state index in [4.69, 9.17) is 4.74 Å². The number of esters is 1. The van der Waals surface area contributed by atoms with Gasteiger partial charge in [0.05, 0.1) is 24.8 Å². The summed E-state index contributed by atoms with van der Waals surface area (Å²) in [4.78, 5) is 26.7. The zero-order valence-corrected chi connectivity index (χ0v) is 20.0. The number of carbonyl (C=O) groups is 2. The Bertz CT molecular complexity index is 1030. The molecule has 1 amide bonds. The highest BCUT2D eigenvalue weighted by Crippen LogP contribution is 2.36. The third kappa shape index (κ3) is 6.05. The molecule has 190 valence electrons. The molecule has 0 unspecified atom stereocenters. The zero-order valence-electron chi connectivity index (χ0n) is 20.0. The summed E-state index contributed by atoms with van der Waals surface area (Å²) in [6.45, 7) is 2.88. The molecule has 2 heterocycles. The Morgan fingerprint density at radius 1 is 1.11 bits per heavy atom. The van der Waals surface area contributed by atoms with Gasteiger partial charge < -0.3 is 9.64 Å². The maximum absolute atomic E-state index is 13.7. The van der Waals surface area contributed by atoms with Gasteiger partial charge in [-0.05, 0) is 56.9 Å². The second-order valence-electron chi connectivity index (χ2n) is 9.47. The third-order valence-electron chi connectivity index (χ3n) is 7.15. The van der Waals surface area contributed by atoms with Crippen molar-refractivity contribution in [1.82, 2.24) is 14.7 Å². The van der Waals surface area contributed by atoms with Gasteiger partial charge in [0.2, 0.25) is 5.91 Å². The maximum Gasteiger partial charge on any atom is 0.435 e. The van der Waals surface area contributed by atoms with Gasteiger partial charge in [-0.2, -0.15) is 18.3 Å². The zero-order chi connectivity index (χ0) is 25.0. The predicted octanol–water partition coefficient (Wildman–Crippen LogP) is 4.79. The number of rotatable bonds is 7. The monoisotopic (exact) mass is 491 g/mol. The van der Waals surface area contributed by atoms with Gasteiger partial charge in [-0.25, -0.2) is 0 Å². The molecule has 1 aliphatic carbocycles. The van der Waals surface area contributed by atoms with Crippen LogP contribution in [0.1, 0.15) is 61.5 Å². The van der Waals surface area contributed by atoms with Crippen molar-refractivity contribution in [2.45, 2.75) is 71.1 Å². The average Bonchev–Trinajstić information content (AvgIpc) is 3.22. The van der Waals surface area contributed by atoms with E-state index in [9.17, 15) is 22.8 Å². The number of alkyl halides is 3. The van der Waals surface area contributed by atoms with E-state index in [-0.39, 0.29) is 48.8 Å². The molecule has 0 bridgehead atoms. The van der Waals surface area contributed by atoms with Crippen molar-refractivity contribution >= 4 is 11.9 Å². The quantitative estimate of drug-likeness (QED) is 0.523. The standard InChI is InChI=1S/C26H32F3N3O3/c1-2-35-25(34)20-10-8-19(9-11-20)16-23(33)31-14-13-21-22(17-31)32(30-24(21)26(27,28)29)15-12-18-6-4-3-5-7-18/h3-7,19-20H,2,8-17H2,1H3. The van der Waals surface area contributed by atoms with Gasteiger partial charge in [-0.3, -0.25) is 14.3 Å². The molecule has 9 heteroatoms. The Morgan fingerprint density at radius 2 is 1.83 bits per heavy atom. The van der Waals surface area contributed by atoms with E-state index < -0.39 is 11.9 Å². The van der Waals surface area contributed by atoms with Gasteiger partial charge in [0.15, 0.2) is 5.69 Å². The topological polar surface area (TPSA) is 64.4 Å². The Balaban J connectivity index is 1.41. The lowest BCUT2D eigenvalue weighted by Crippen LogP contribution is -2.38. The van der Waals surface area contributed by atoms with Crippen LogP contribution < -0.4 is 0 Å². The SMILES string of the molecule is CCOC(=O)C1CCC(CC(=O)N2CCc3c(C(F)(F)F)nn(CCc4ccccc4)c3C2)CC1. The van der Waals surface area contributed by atoms with E-state index in [1.54, 1.807) is 11.8 Å². The normalized spacial score (nSPS) is 20.4. The van der Waals surface area contributed by atoms with Crippen LogP contribution in [0, 0.1) is 11.8 Å². The molecule has 0 radical (unpaired) electrons. The van der Waals surface area contributed by atoms with Crippen molar-refractivity contribution in [1.29, 1.82) is 0 Å². The first-order chi connectivity index (χ1) is 16.8. The number of nitrogens with zero attached hydrogens (tertiary/aromatic N) is 3. The average molecular weight is 492 g/mol. The lowest BCUT2D eigenvalue weighted by molar-refractivity contribution is -0.149. The summed E-state index contributed by atoms with van der Waals surface area (Å²) in [5, 5.41) is 3.94. The molecule has 2 aromatic rings. The molecule has 2 aliphatic rings. The number of fused-ring (bicyclic) bond motifs is 1. The molecule has 35 heavy (non-hydrogen) atoms. The largest absolute Gasteiger partial charge is 0.466 e. The van der Waals surface area contributed by atoms with E-state index in [1.165, 1.54) is 4.68 Å². The lowest BCUT2D eigenvalue weighted by atomic mass is 9.80. The first-order valence-electron chi connectivity index (χ1n) is 12.4. The van der Waals surface area contributed by atoms with Gasteiger partial charge in [0, 0.05) is 25.1 Å². The highest BCUT2D eigenvalue weighted by Gasteiger charge is 2.41. The molecular formula is C26H32F3N3O3. The number of halogens is 3. The van der Waals surface area contributed by atoms with Crippen LogP contribution in [0.3, 0.4) is 0 Å². The molecule has 1 fully saturated rings. The van der Waals surface area contributed by atoms with E-state index in [0.29, 0.717) is 44.5 Å². The second-order valence-corrected chi connectivity index (χ2v) is 9.47. The Morgan fingerprint density at radius 3 is 2.49 bits per heavy atom. The lowest BCUT2D eigenvalue weighted by Gasteiger charge is -2.31. The number of hydrogen-bond donors (Lipinski definition) is 0. The minimum atomic E-state index is -4.52. The van der Waals surface area contributed by atoms with E-state index in [1.807, 2.05) is 30.3 Å². The molecule has 1 aromatic carbocycles. The van der Waals surface area contributed by atoms with Gasteiger partial charge in [0.1, 0.15) is 0 Å². The number of ether oxygens (including phenoxy) is 1. The Labute approximate surface area is 203 Å². The van der Waals surface area contributed by atoms with Gasteiger partial charge in [-0.15, -0.1) is 0 Å². The van der Waals surface area contributed by atoms with Crippen molar-refractivity contribution in [2.75, 3.05) is 13.2 Å². The minimum absolute atomic E-state index is 0.0420. The van der Waals surface area contributed by atoms with Crippen LogP contribution in [-0.2, 0) is 46.4 Å². The molecule has 4 rings (SSSR count). The van der Waals surface area contributed by atoms with Gasteiger partial charge in [0.25, 0.3) is 0 Å². The van der Waals surface area contributed by atoms with Crippen molar-refractivity contribution in [3.05, 3.63) is 52.8 Å². The molecule has 1 saturated carbocycles. The number of hydrogen-bond acceptors (Lipinski definition) is 4. The molecule has 0 atom stereocenters. The van der Waals surface area contributed by atoms with Crippen LogP contribution in [0.5, 0.6) is 0 Å². The van der Waals surface area contributed by atoms with Crippen LogP contribution >= 0.6 is 0 Å². The molecule has 6 nitrogen and oxygen atoms in total. The summed E-state index contributed by atoms with van der Waals surface area (Å²) >= 11 is 0. The van der Waals surface area contributed by atoms with Gasteiger partial charge >= 0.3 is 12.1 Å². The summed E-state index contributed by atoms with van der Waals surface area (Å²) in [5.74, 6) is -0.119. The molecule has 0 saturated heterocycles. The fourth-order valence-corrected chi connectivity index (χ4v) is 5.22. The molecule has 0 N–H and O–H groups in total. The van der Waals surface area contributed by atoms with Gasteiger partial charge in [-0.1, -0.05) is 30.3 Å². The Hall–Kier alpha value is -2.84. The number of amides is 1. The van der Waals surface area contributed by atoms with Crippen LogP contribution in [0.15, 0.2) is 30.3 Å². The van der Waals surface area contributed by atoms with Crippen molar-refractivity contribution < 1.29 is 27.5 Å². The second kappa shape index (κ2) is 10.8. The minimum Gasteiger partial charge on any atom is -0.466 e. The predicted molar refractivity (Wildman–Crippen MR) is 123 cm³/mol. The first kappa shape index (κ1) is 25.3. The highest BCUT2D eigenvalue weighted by molar-refractivity contribution is 5.77. The fourth-order valence-electron chi connectivity index (χ4n) is 5.22. The van der Waals surface area contributed by atoms with E-state index >= 15 is 0 Å². The summed E-state index contributed by atoms with van der Waals surface area (Å²) < 4.78 is 47.5. The van der Waals surface area contributed by atoms with Crippen LogP contribution in [-0.4, -0.2) is 39.7 Å². The molecular weight excluding hydrogens is 459 g/mol. The van der Waals surface area contributed by atoms with E-state index in [0.717, 1.165) is 18.4 Å². The smallest absolute Gasteiger partial charge is 0.435 e. The molecule has 0 spiro atoms. The fraction of sp³-hybridized carbons (Fsp3) is 0.577. The van der Waals surface area contributed by atoms with E-state index in [2.05, 4.69) is 5.10 Å². The molecule has 1 aliphatic heterocycles. The number of aromatic nitrogens is 2. The number of carbonyl (C=O) groups excluding carboxylic acids is 2. The summed E-state index contributed by atoms with van der Waals surface area (Å²) in [6.07, 6.45) is -0.477. The van der Waals surface area contributed by atoms with Crippen molar-refractivity contribution in [3.63, 3.8) is 0 Å². The van der Waals surface area contributed by atoms with Crippen LogP contribution in [0.4, 0.5) is 13.2 Å². The summed E-state index contributed by atoms with van der Waals surface area (Å²) in [6, 6.07) is 9.57. The Kier molecular flexibility index (Phi) is 7.82. The van der Waals surface area contributed by atoms with Crippen molar-refractivity contribution in [3.8, 4) is 0 Å². The van der Waals surface area contributed by atoms with Crippen molar-refractivity contribution in [2.24, 2.45) is 11.8 Å². The first-order valence-corrected chi connectivity index (χ1v) is 12.4. The highest BCUT2D eigenvalue weighted by atomic mass is 19.4. The molecule has 1 aromatic heterocycles. The number of aryl methyl sites for hydroxylation is 2. The summed E-state index contributed by atoms with van der Waals surface area (Å²) in [5.41, 5.74) is 0.890. The third-order valence-corrected chi connectivity index (χ3v) is 7.15. The van der Waals surface area contributed by atoms with Crippen LogP contribution in [0.2, 0.25) is 0 Å². The summed E-state index contributed by atoms with van der Waals surface area (Å²) in [7, 11) is 0. The number of benzene rings is 1. The maximum atomic E-state index is 13.7. The van der Waals surface area contributed by atoms with Crippen LogP contribution in [0.25, 0.3) is 0 Å².